The van der Waals surface area contributed by atoms with E-state index in [1.807, 2.05) is 13.0 Å². The van der Waals surface area contributed by atoms with Gasteiger partial charge in [-0.3, -0.25) is 4.79 Å². The second-order valence-electron chi connectivity index (χ2n) is 5.07. The first kappa shape index (κ1) is 15.2. The number of rotatable bonds is 2. The predicted octanol–water partition coefficient (Wildman–Crippen LogP) is 3.54. The van der Waals surface area contributed by atoms with Gasteiger partial charge in [-0.1, -0.05) is 17.7 Å². The van der Waals surface area contributed by atoms with Gasteiger partial charge in [-0.05, 0) is 30.7 Å². The van der Waals surface area contributed by atoms with Crippen LogP contribution in [-0.4, -0.2) is 19.1 Å². The summed E-state index contributed by atoms with van der Waals surface area (Å²) in [4.78, 5) is 12.5. The van der Waals surface area contributed by atoms with Crippen molar-refractivity contribution in [1.29, 1.82) is 5.26 Å². The number of halogens is 1. The Morgan fingerprint density at radius 2 is 1.91 bits per heavy atom. The minimum absolute atomic E-state index is 0.279. The molecule has 23 heavy (non-hydrogen) atoms. The fraction of sp³-hybridized carbons (Fsp3) is 0.176. The zero-order valence-corrected chi connectivity index (χ0v) is 13.1. The Kier molecular flexibility index (Phi) is 4.09. The summed E-state index contributed by atoms with van der Waals surface area (Å²) in [7, 11) is 0. The van der Waals surface area contributed by atoms with Crippen LogP contribution in [0.25, 0.3) is 0 Å². The summed E-state index contributed by atoms with van der Waals surface area (Å²) in [6.07, 6.45) is 0. The minimum Gasteiger partial charge on any atom is -0.486 e. The van der Waals surface area contributed by atoms with Gasteiger partial charge in [0.15, 0.2) is 11.5 Å². The Morgan fingerprint density at radius 3 is 2.61 bits per heavy atom. The maximum atomic E-state index is 12.5. The van der Waals surface area contributed by atoms with Crippen LogP contribution in [0.4, 0.5) is 5.69 Å². The van der Waals surface area contributed by atoms with E-state index in [9.17, 15) is 4.79 Å². The molecule has 1 heterocycles. The highest BCUT2D eigenvalue weighted by atomic mass is 35.5. The average molecular weight is 329 g/mol. The van der Waals surface area contributed by atoms with Crippen molar-refractivity contribution >= 4 is 23.2 Å². The van der Waals surface area contributed by atoms with E-state index in [2.05, 4.69) is 5.32 Å². The van der Waals surface area contributed by atoms with E-state index in [0.717, 1.165) is 5.56 Å². The third-order valence-electron chi connectivity index (χ3n) is 3.49. The van der Waals surface area contributed by atoms with Crippen molar-refractivity contribution in [3.05, 3.63) is 52.0 Å². The third-order valence-corrected chi connectivity index (χ3v) is 3.80. The lowest BCUT2D eigenvalue weighted by Crippen LogP contribution is -2.18. The Hall–Kier alpha value is -2.71. The van der Waals surface area contributed by atoms with Crippen LogP contribution in [0, 0.1) is 18.3 Å². The standard InChI is InChI=1S/C17H13ClN2O3/c1-10-2-3-11(9-19)6-14(10)20-17(21)12-7-15-16(8-13(12)18)23-5-4-22-15/h2-3,6-8H,4-5H2,1H3,(H,20,21). The number of hydrogen-bond donors (Lipinski definition) is 1. The zero-order valence-electron chi connectivity index (χ0n) is 12.4. The number of nitriles is 1. The number of carbonyl (C=O) groups excluding carboxylic acids is 1. The van der Waals surface area contributed by atoms with Gasteiger partial charge in [0.05, 0.1) is 22.2 Å². The number of benzene rings is 2. The highest BCUT2D eigenvalue weighted by molar-refractivity contribution is 6.34. The second-order valence-corrected chi connectivity index (χ2v) is 5.48. The van der Waals surface area contributed by atoms with E-state index < -0.39 is 0 Å². The quantitative estimate of drug-likeness (QED) is 0.915. The second kappa shape index (κ2) is 6.19. The first-order valence-corrected chi connectivity index (χ1v) is 7.37. The summed E-state index contributed by atoms with van der Waals surface area (Å²) in [6, 6.07) is 10.3. The first-order chi connectivity index (χ1) is 11.1. The van der Waals surface area contributed by atoms with Crippen LogP contribution in [-0.2, 0) is 0 Å². The van der Waals surface area contributed by atoms with Gasteiger partial charge in [0.1, 0.15) is 13.2 Å². The van der Waals surface area contributed by atoms with Gasteiger partial charge in [0.2, 0.25) is 0 Å². The van der Waals surface area contributed by atoms with Crippen LogP contribution < -0.4 is 14.8 Å². The number of fused-ring (bicyclic) bond motifs is 1. The fourth-order valence-corrected chi connectivity index (χ4v) is 2.49. The molecule has 0 spiro atoms. The Bertz CT molecular complexity index is 827. The van der Waals surface area contributed by atoms with Crippen molar-refractivity contribution in [3.63, 3.8) is 0 Å². The number of ether oxygens (including phenoxy) is 2. The molecule has 116 valence electrons. The summed E-state index contributed by atoms with van der Waals surface area (Å²) >= 11 is 6.17. The summed E-state index contributed by atoms with van der Waals surface area (Å²) in [5, 5.41) is 12.0. The van der Waals surface area contributed by atoms with Gasteiger partial charge in [0.25, 0.3) is 5.91 Å². The number of nitrogens with one attached hydrogen (secondary N) is 1. The molecular formula is C17H13ClN2O3. The lowest BCUT2D eigenvalue weighted by atomic mass is 10.1. The Morgan fingerprint density at radius 1 is 1.22 bits per heavy atom. The van der Waals surface area contributed by atoms with E-state index in [1.165, 1.54) is 0 Å². The molecule has 6 heteroatoms. The van der Waals surface area contributed by atoms with Crippen LogP contribution in [0.1, 0.15) is 21.5 Å². The Balaban J connectivity index is 1.91. The molecule has 0 saturated heterocycles. The third kappa shape index (κ3) is 3.08. The van der Waals surface area contributed by atoms with E-state index >= 15 is 0 Å². The van der Waals surface area contributed by atoms with Gasteiger partial charge in [-0.25, -0.2) is 0 Å². The molecule has 1 N–H and O–H groups in total. The SMILES string of the molecule is Cc1ccc(C#N)cc1NC(=O)c1cc2c(cc1Cl)OCCO2. The lowest BCUT2D eigenvalue weighted by molar-refractivity contribution is 0.102. The molecule has 0 unspecified atom stereocenters. The maximum absolute atomic E-state index is 12.5. The highest BCUT2D eigenvalue weighted by Gasteiger charge is 2.19. The molecule has 0 radical (unpaired) electrons. The van der Waals surface area contributed by atoms with Gasteiger partial charge in [0, 0.05) is 11.8 Å². The fourth-order valence-electron chi connectivity index (χ4n) is 2.25. The molecule has 0 atom stereocenters. The van der Waals surface area contributed by atoms with Crippen molar-refractivity contribution in [2.24, 2.45) is 0 Å². The summed E-state index contributed by atoms with van der Waals surface area (Å²) < 4.78 is 10.9. The number of carbonyl (C=O) groups is 1. The first-order valence-electron chi connectivity index (χ1n) is 7.00. The molecule has 0 aromatic heterocycles. The molecule has 1 aliphatic rings. The van der Waals surface area contributed by atoms with Gasteiger partial charge < -0.3 is 14.8 Å². The molecule has 0 bridgehead atoms. The van der Waals surface area contributed by atoms with Crippen LogP contribution in [0.15, 0.2) is 30.3 Å². The molecule has 0 saturated carbocycles. The van der Waals surface area contributed by atoms with Gasteiger partial charge in [-0.2, -0.15) is 5.26 Å². The summed E-state index contributed by atoms with van der Waals surface area (Å²) in [5.41, 5.74) is 2.18. The number of nitrogens with zero attached hydrogens (tertiary/aromatic N) is 1. The lowest BCUT2D eigenvalue weighted by Gasteiger charge is -2.19. The van der Waals surface area contributed by atoms with Gasteiger partial charge in [-0.15, -0.1) is 0 Å². The predicted molar refractivity (Wildman–Crippen MR) is 86.3 cm³/mol. The van der Waals surface area contributed by atoms with Crippen molar-refractivity contribution in [3.8, 4) is 17.6 Å². The van der Waals surface area contributed by atoms with Crippen LogP contribution in [0.5, 0.6) is 11.5 Å². The van der Waals surface area contributed by atoms with Crippen molar-refractivity contribution in [1.82, 2.24) is 0 Å². The van der Waals surface area contributed by atoms with Crippen LogP contribution in [0.3, 0.4) is 0 Å². The van der Waals surface area contributed by atoms with E-state index in [-0.39, 0.29) is 16.5 Å². The molecule has 0 aliphatic carbocycles. The smallest absolute Gasteiger partial charge is 0.257 e. The van der Waals surface area contributed by atoms with Crippen LogP contribution in [0.2, 0.25) is 5.02 Å². The van der Waals surface area contributed by atoms with Gasteiger partial charge >= 0.3 is 0 Å². The van der Waals surface area contributed by atoms with Crippen molar-refractivity contribution < 1.29 is 14.3 Å². The average Bonchev–Trinajstić information content (AvgIpc) is 2.56. The Labute approximate surface area is 138 Å². The largest absolute Gasteiger partial charge is 0.486 e. The monoisotopic (exact) mass is 328 g/mol. The number of amides is 1. The van der Waals surface area contributed by atoms with E-state index in [0.29, 0.717) is 36.0 Å². The normalized spacial score (nSPS) is 12.4. The number of anilines is 1. The molecule has 1 amide bonds. The van der Waals surface area contributed by atoms with Crippen molar-refractivity contribution in [2.45, 2.75) is 6.92 Å². The summed E-state index contributed by atoms with van der Waals surface area (Å²) in [5.74, 6) is 0.652. The molecular weight excluding hydrogens is 316 g/mol. The highest BCUT2D eigenvalue weighted by Crippen LogP contribution is 2.35. The molecule has 3 rings (SSSR count). The molecule has 2 aromatic carbocycles. The number of aryl methyl sites for hydroxylation is 1. The minimum atomic E-state index is -0.370. The zero-order chi connectivity index (χ0) is 16.4. The maximum Gasteiger partial charge on any atom is 0.257 e. The van der Waals surface area contributed by atoms with Crippen molar-refractivity contribution in [2.75, 3.05) is 18.5 Å². The topological polar surface area (TPSA) is 71.4 Å². The summed E-state index contributed by atoms with van der Waals surface area (Å²) in [6.45, 7) is 2.73. The number of hydrogen-bond acceptors (Lipinski definition) is 4. The molecule has 1 aliphatic heterocycles. The van der Waals surface area contributed by atoms with E-state index in [4.69, 9.17) is 26.3 Å². The van der Waals surface area contributed by atoms with Crippen LogP contribution >= 0.6 is 11.6 Å². The van der Waals surface area contributed by atoms with E-state index in [1.54, 1.807) is 30.3 Å². The molecule has 5 nitrogen and oxygen atoms in total. The molecule has 0 fully saturated rings. The molecule has 2 aromatic rings.